The Balaban J connectivity index is 1.39. The summed E-state index contributed by atoms with van der Waals surface area (Å²) < 4.78 is 13.8. The van der Waals surface area contributed by atoms with Crippen LogP contribution in [0.25, 0.3) is 0 Å². The van der Waals surface area contributed by atoms with Gasteiger partial charge in [-0.1, -0.05) is 36.4 Å². The second-order valence-corrected chi connectivity index (χ2v) is 7.75. The summed E-state index contributed by atoms with van der Waals surface area (Å²) in [7, 11) is 0. The molecule has 0 spiro atoms. The predicted molar refractivity (Wildman–Crippen MR) is 107 cm³/mol. The third-order valence-corrected chi connectivity index (χ3v) is 5.58. The topological polar surface area (TPSA) is 62.3 Å². The van der Waals surface area contributed by atoms with Gasteiger partial charge in [-0.15, -0.1) is 11.3 Å². The molecule has 1 fully saturated rings. The van der Waals surface area contributed by atoms with Gasteiger partial charge in [-0.2, -0.15) is 0 Å². The van der Waals surface area contributed by atoms with Crippen LogP contribution in [-0.2, 0) is 16.0 Å². The summed E-state index contributed by atoms with van der Waals surface area (Å²) in [6, 6.07) is 15.9. The van der Waals surface area contributed by atoms with Crippen LogP contribution in [0.5, 0.6) is 0 Å². The molecule has 5 nitrogen and oxygen atoms in total. The van der Waals surface area contributed by atoms with E-state index in [4.69, 9.17) is 0 Å². The predicted octanol–water partition coefficient (Wildman–Crippen LogP) is 3.86. The number of nitrogens with zero attached hydrogens (tertiary/aromatic N) is 2. The Morgan fingerprint density at radius 3 is 2.71 bits per heavy atom. The van der Waals surface area contributed by atoms with Gasteiger partial charge in [0.2, 0.25) is 11.8 Å². The van der Waals surface area contributed by atoms with E-state index in [1.54, 1.807) is 29.3 Å². The minimum absolute atomic E-state index is 0.0641. The average Bonchev–Trinajstić information content (AvgIpc) is 3.31. The van der Waals surface area contributed by atoms with Gasteiger partial charge in [0.25, 0.3) is 0 Å². The minimum Gasteiger partial charge on any atom is -0.312 e. The number of amides is 2. The van der Waals surface area contributed by atoms with Crippen LogP contribution in [-0.4, -0.2) is 23.3 Å². The smallest absolute Gasteiger partial charge is 0.231 e. The monoisotopic (exact) mass is 395 g/mol. The van der Waals surface area contributed by atoms with Gasteiger partial charge < -0.3 is 10.2 Å². The van der Waals surface area contributed by atoms with Gasteiger partial charge in [0.1, 0.15) is 5.82 Å². The number of anilines is 2. The van der Waals surface area contributed by atoms with Gasteiger partial charge in [0, 0.05) is 36.1 Å². The third kappa shape index (κ3) is 3.94. The van der Waals surface area contributed by atoms with Crippen molar-refractivity contribution in [3.05, 3.63) is 77.1 Å². The van der Waals surface area contributed by atoms with Gasteiger partial charge in [-0.25, -0.2) is 9.37 Å². The first-order valence-electron chi connectivity index (χ1n) is 8.94. The zero-order valence-corrected chi connectivity index (χ0v) is 15.8. The second kappa shape index (κ2) is 7.90. The molecule has 0 bridgehead atoms. The molecule has 1 atom stereocenters. The largest absolute Gasteiger partial charge is 0.312 e. The summed E-state index contributed by atoms with van der Waals surface area (Å²) in [4.78, 5) is 31.6. The zero-order chi connectivity index (χ0) is 19.5. The number of hydrogen-bond acceptors (Lipinski definition) is 4. The first-order valence-corrected chi connectivity index (χ1v) is 9.76. The van der Waals surface area contributed by atoms with E-state index >= 15 is 0 Å². The number of halogens is 1. The van der Waals surface area contributed by atoms with Gasteiger partial charge in [0.05, 0.1) is 5.92 Å². The number of thiazole rings is 1. The van der Waals surface area contributed by atoms with Crippen LogP contribution < -0.4 is 10.2 Å². The van der Waals surface area contributed by atoms with E-state index in [0.29, 0.717) is 23.7 Å². The highest BCUT2D eigenvalue weighted by Gasteiger charge is 2.35. The molecule has 1 saturated heterocycles. The first-order chi connectivity index (χ1) is 13.6. The van der Waals surface area contributed by atoms with Crippen LogP contribution in [0.2, 0.25) is 0 Å². The van der Waals surface area contributed by atoms with Crippen LogP contribution >= 0.6 is 11.3 Å². The van der Waals surface area contributed by atoms with Crippen molar-refractivity contribution < 1.29 is 14.0 Å². The van der Waals surface area contributed by atoms with E-state index in [-0.39, 0.29) is 24.1 Å². The van der Waals surface area contributed by atoms with E-state index in [2.05, 4.69) is 10.3 Å². The van der Waals surface area contributed by atoms with Crippen molar-refractivity contribution in [3.63, 3.8) is 0 Å². The summed E-state index contributed by atoms with van der Waals surface area (Å²) in [6.45, 7) is 0.349. The van der Waals surface area contributed by atoms with Crippen molar-refractivity contribution in [3.8, 4) is 0 Å². The maximum absolute atomic E-state index is 13.8. The molecule has 142 valence electrons. The molecule has 1 N–H and O–H groups in total. The molecule has 1 aliphatic rings. The summed E-state index contributed by atoms with van der Waals surface area (Å²) in [6.07, 6.45) is 2.24. The third-order valence-electron chi connectivity index (χ3n) is 4.67. The molecule has 4 rings (SSSR count). The number of carbonyl (C=O) groups is 2. The zero-order valence-electron chi connectivity index (χ0n) is 15.0. The molecule has 3 aromatic rings. The molecule has 2 amide bonds. The summed E-state index contributed by atoms with van der Waals surface area (Å²) in [5.41, 5.74) is 1.38. The van der Waals surface area contributed by atoms with Crippen molar-refractivity contribution in [1.82, 2.24) is 4.98 Å². The molecule has 0 saturated carbocycles. The van der Waals surface area contributed by atoms with E-state index in [1.807, 2.05) is 30.3 Å². The van der Waals surface area contributed by atoms with Gasteiger partial charge in [0.15, 0.2) is 5.13 Å². The minimum atomic E-state index is -0.424. The fraction of sp³-hybridized carbons (Fsp3) is 0.190. The molecule has 1 aromatic heterocycles. The summed E-state index contributed by atoms with van der Waals surface area (Å²) in [5, 5.41) is 3.25. The molecule has 1 unspecified atom stereocenters. The lowest BCUT2D eigenvalue weighted by Gasteiger charge is -2.16. The number of hydrogen-bond donors (Lipinski definition) is 1. The first kappa shape index (κ1) is 18.3. The molecular formula is C21H18FN3O2S. The molecule has 1 aliphatic heterocycles. The van der Waals surface area contributed by atoms with Gasteiger partial charge in [-0.3, -0.25) is 9.59 Å². The number of para-hydroxylation sites is 1. The summed E-state index contributed by atoms with van der Waals surface area (Å²) >= 11 is 1.31. The van der Waals surface area contributed by atoms with Gasteiger partial charge >= 0.3 is 0 Å². The Hall–Kier alpha value is -3.06. The molecule has 28 heavy (non-hydrogen) atoms. The lowest BCUT2D eigenvalue weighted by atomic mass is 10.1. The fourth-order valence-corrected chi connectivity index (χ4v) is 4.06. The molecule has 2 heterocycles. The van der Waals surface area contributed by atoms with Crippen molar-refractivity contribution in [2.24, 2.45) is 5.92 Å². The molecule has 7 heteroatoms. The van der Waals surface area contributed by atoms with E-state index in [9.17, 15) is 14.0 Å². The Morgan fingerprint density at radius 1 is 1.18 bits per heavy atom. The number of aromatic nitrogens is 1. The molecule has 2 aromatic carbocycles. The lowest BCUT2D eigenvalue weighted by molar-refractivity contribution is -0.122. The normalized spacial score (nSPS) is 16.4. The maximum atomic E-state index is 13.8. The standard InChI is InChI=1S/C21H18FN3O2S/c22-18-9-5-4-6-14(18)10-17-12-23-21(28-17)24-20(27)15-11-19(26)25(13-15)16-7-2-1-3-8-16/h1-9,12,15H,10-11,13H2,(H,23,24,27). The molecule has 0 radical (unpaired) electrons. The van der Waals surface area contributed by atoms with E-state index in [1.165, 1.54) is 17.4 Å². The van der Waals surface area contributed by atoms with Crippen LogP contribution in [0.1, 0.15) is 16.9 Å². The van der Waals surface area contributed by atoms with E-state index in [0.717, 1.165) is 10.6 Å². The van der Waals surface area contributed by atoms with Crippen LogP contribution in [0.4, 0.5) is 15.2 Å². The Morgan fingerprint density at radius 2 is 1.93 bits per heavy atom. The van der Waals surface area contributed by atoms with Gasteiger partial charge in [-0.05, 0) is 23.8 Å². The van der Waals surface area contributed by atoms with Crippen LogP contribution in [0, 0.1) is 11.7 Å². The molecule has 0 aliphatic carbocycles. The van der Waals surface area contributed by atoms with E-state index < -0.39 is 5.92 Å². The lowest BCUT2D eigenvalue weighted by Crippen LogP contribution is -2.28. The Kier molecular flexibility index (Phi) is 5.16. The van der Waals surface area contributed by atoms with Crippen molar-refractivity contribution in [1.29, 1.82) is 0 Å². The van der Waals surface area contributed by atoms with Crippen LogP contribution in [0.15, 0.2) is 60.8 Å². The SMILES string of the molecule is O=C(Nc1ncc(Cc2ccccc2F)s1)C1CC(=O)N(c2ccccc2)C1. The number of carbonyl (C=O) groups excluding carboxylic acids is 2. The van der Waals surface area contributed by atoms with Crippen molar-refractivity contribution >= 4 is 34.0 Å². The second-order valence-electron chi connectivity index (χ2n) is 6.63. The highest BCUT2D eigenvalue weighted by Crippen LogP contribution is 2.27. The van der Waals surface area contributed by atoms with Crippen LogP contribution in [0.3, 0.4) is 0 Å². The Labute approximate surface area is 165 Å². The summed E-state index contributed by atoms with van der Waals surface area (Å²) in [5.74, 6) is -0.970. The maximum Gasteiger partial charge on any atom is 0.231 e. The number of nitrogens with one attached hydrogen (secondary N) is 1. The highest BCUT2D eigenvalue weighted by atomic mass is 32.1. The van der Waals surface area contributed by atoms with Crippen molar-refractivity contribution in [2.75, 3.05) is 16.8 Å². The fourth-order valence-electron chi connectivity index (χ4n) is 3.22. The number of benzene rings is 2. The average molecular weight is 395 g/mol. The molecular weight excluding hydrogens is 377 g/mol. The number of rotatable bonds is 5. The van der Waals surface area contributed by atoms with Crippen molar-refractivity contribution in [2.45, 2.75) is 12.8 Å². The quantitative estimate of drug-likeness (QED) is 0.713. The highest BCUT2D eigenvalue weighted by molar-refractivity contribution is 7.15. The Bertz CT molecular complexity index is 1010.